The SMILES string of the molecule is CC1(C)c2ccccc2-c2c(-c3c4ccccc4c(-c4ncccn4)c4ccc(-c5ccccc5)cc34)cccc21. The van der Waals surface area contributed by atoms with Gasteiger partial charge in [0.05, 0.1) is 0 Å². The highest BCUT2D eigenvalue weighted by atomic mass is 14.9. The second-order valence-corrected chi connectivity index (χ2v) is 11.4. The van der Waals surface area contributed by atoms with Gasteiger partial charge >= 0.3 is 0 Å². The molecule has 194 valence electrons. The van der Waals surface area contributed by atoms with E-state index in [9.17, 15) is 0 Å². The second-order valence-electron chi connectivity index (χ2n) is 11.4. The second kappa shape index (κ2) is 8.97. The molecule has 0 fully saturated rings. The van der Waals surface area contributed by atoms with Crippen LogP contribution in [0.2, 0.25) is 0 Å². The van der Waals surface area contributed by atoms with Gasteiger partial charge in [0.15, 0.2) is 5.82 Å². The maximum Gasteiger partial charge on any atom is 0.160 e. The molecule has 0 atom stereocenters. The third kappa shape index (κ3) is 3.50. The summed E-state index contributed by atoms with van der Waals surface area (Å²) in [7, 11) is 0. The summed E-state index contributed by atoms with van der Waals surface area (Å²) < 4.78 is 0. The first kappa shape index (κ1) is 23.8. The van der Waals surface area contributed by atoms with Gasteiger partial charge in [-0.15, -0.1) is 0 Å². The van der Waals surface area contributed by atoms with Crippen molar-refractivity contribution >= 4 is 21.5 Å². The minimum Gasteiger partial charge on any atom is -0.237 e. The summed E-state index contributed by atoms with van der Waals surface area (Å²) in [6.07, 6.45) is 3.66. The van der Waals surface area contributed by atoms with Gasteiger partial charge in [0, 0.05) is 23.4 Å². The largest absolute Gasteiger partial charge is 0.237 e. The molecule has 0 bridgehead atoms. The molecule has 41 heavy (non-hydrogen) atoms. The Morgan fingerprint density at radius 2 is 1.07 bits per heavy atom. The first-order valence-electron chi connectivity index (χ1n) is 14.2. The Kier molecular flexibility index (Phi) is 5.20. The monoisotopic (exact) mass is 524 g/mol. The van der Waals surface area contributed by atoms with Crippen molar-refractivity contribution in [3.63, 3.8) is 0 Å². The maximum absolute atomic E-state index is 4.73. The van der Waals surface area contributed by atoms with E-state index >= 15 is 0 Å². The number of benzene rings is 6. The lowest BCUT2D eigenvalue weighted by Gasteiger charge is -2.22. The Balaban J connectivity index is 1.56. The normalized spacial score (nSPS) is 13.3. The lowest BCUT2D eigenvalue weighted by molar-refractivity contribution is 0.660. The van der Waals surface area contributed by atoms with E-state index in [1.165, 1.54) is 55.3 Å². The number of hydrogen-bond donors (Lipinski definition) is 0. The van der Waals surface area contributed by atoms with Gasteiger partial charge in [-0.3, -0.25) is 0 Å². The zero-order chi connectivity index (χ0) is 27.6. The van der Waals surface area contributed by atoms with Crippen LogP contribution in [-0.4, -0.2) is 9.97 Å². The summed E-state index contributed by atoms with van der Waals surface area (Å²) in [4.78, 5) is 9.46. The molecule has 0 spiro atoms. The molecule has 0 saturated heterocycles. The van der Waals surface area contributed by atoms with Gasteiger partial charge in [-0.25, -0.2) is 9.97 Å². The molecule has 1 heterocycles. The van der Waals surface area contributed by atoms with Gasteiger partial charge in [0.1, 0.15) is 0 Å². The van der Waals surface area contributed by atoms with Crippen LogP contribution in [-0.2, 0) is 5.41 Å². The number of nitrogens with zero attached hydrogens (tertiary/aromatic N) is 2. The van der Waals surface area contributed by atoms with Crippen molar-refractivity contribution in [1.82, 2.24) is 9.97 Å². The first-order chi connectivity index (χ1) is 20.1. The fourth-order valence-corrected chi connectivity index (χ4v) is 6.91. The van der Waals surface area contributed by atoms with Crippen molar-refractivity contribution in [2.75, 3.05) is 0 Å². The molecule has 2 heteroatoms. The van der Waals surface area contributed by atoms with Crippen LogP contribution in [0.4, 0.5) is 0 Å². The highest BCUT2D eigenvalue weighted by molar-refractivity contribution is 6.22. The van der Waals surface area contributed by atoms with Gasteiger partial charge in [-0.2, -0.15) is 0 Å². The summed E-state index contributed by atoms with van der Waals surface area (Å²) in [6, 6.07) is 43.9. The van der Waals surface area contributed by atoms with Gasteiger partial charge < -0.3 is 0 Å². The zero-order valence-electron chi connectivity index (χ0n) is 23.1. The molecule has 2 nitrogen and oxygen atoms in total. The van der Waals surface area contributed by atoms with E-state index in [0.29, 0.717) is 0 Å². The van der Waals surface area contributed by atoms with E-state index in [1.54, 1.807) is 0 Å². The quantitative estimate of drug-likeness (QED) is 0.215. The highest BCUT2D eigenvalue weighted by Crippen LogP contribution is 2.54. The smallest absolute Gasteiger partial charge is 0.160 e. The highest BCUT2D eigenvalue weighted by Gasteiger charge is 2.37. The molecular formula is C39H28N2. The topological polar surface area (TPSA) is 25.8 Å². The molecule has 0 saturated carbocycles. The predicted octanol–water partition coefficient (Wildman–Crippen LogP) is 10.1. The Bertz CT molecular complexity index is 2110. The van der Waals surface area contributed by atoms with Crippen molar-refractivity contribution in [2.24, 2.45) is 0 Å². The Morgan fingerprint density at radius 1 is 0.439 bits per heavy atom. The minimum atomic E-state index is -0.0689. The van der Waals surface area contributed by atoms with Crippen LogP contribution in [0, 0.1) is 0 Å². The van der Waals surface area contributed by atoms with Crippen molar-refractivity contribution < 1.29 is 0 Å². The first-order valence-corrected chi connectivity index (χ1v) is 14.2. The van der Waals surface area contributed by atoms with Crippen LogP contribution in [0.15, 0.2) is 134 Å². The van der Waals surface area contributed by atoms with Gasteiger partial charge in [-0.1, -0.05) is 123 Å². The van der Waals surface area contributed by atoms with E-state index in [2.05, 4.69) is 129 Å². The van der Waals surface area contributed by atoms with Gasteiger partial charge in [-0.05, 0) is 78.2 Å². The summed E-state index contributed by atoms with van der Waals surface area (Å²) in [5.41, 5.74) is 11.4. The summed E-state index contributed by atoms with van der Waals surface area (Å²) in [5.74, 6) is 0.748. The number of rotatable bonds is 3. The fourth-order valence-electron chi connectivity index (χ4n) is 6.91. The molecule has 0 amide bonds. The third-order valence-corrected chi connectivity index (χ3v) is 8.80. The predicted molar refractivity (Wildman–Crippen MR) is 171 cm³/mol. The molecular weight excluding hydrogens is 496 g/mol. The van der Waals surface area contributed by atoms with E-state index < -0.39 is 0 Å². The van der Waals surface area contributed by atoms with Crippen molar-refractivity contribution in [3.8, 4) is 44.8 Å². The number of aromatic nitrogens is 2. The van der Waals surface area contributed by atoms with Crippen LogP contribution in [0.25, 0.3) is 66.3 Å². The minimum absolute atomic E-state index is 0.0689. The summed E-state index contributed by atoms with van der Waals surface area (Å²) in [5, 5.41) is 4.75. The molecule has 7 aromatic rings. The Hall–Kier alpha value is -5.08. The zero-order valence-corrected chi connectivity index (χ0v) is 23.1. The lowest BCUT2D eigenvalue weighted by atomic mass is 9.81. The molecule has 1 aliphatic carbocycles. The number of fused-ring (bicyclic) bond motifs is 5. The Morgan fingerprint density at radius 3 is 1.88 bits per heavy atom. The molecule has 0 unspecified atom stereocenters. The van der Waals surface area contributed by atoms with Gasteiger partial charge in [0.25, 0.3) is 0 Å². The van der Waals surface area contributed by atoms with Crippen LogP contribution in [0.5, 0.6) is 0 Å². The molecule has 8 rings (SSSR count). The van der Waals surface area contributed by atoms with Crippen molar-refractivity contribution in [3.05, 3.63) is 145 Å². The van der Waals surface area contributed by atoms with Crippen LogP contribution in [0.3, 0.4) is 0 Å². The summed E-state index contributed by atoms with van der Waals surface area (Å²) >= 11 is 0. The summed E-state index contributed by atoms with van der Waals surface area (Å²) in [6.45, 7) is 4.70. The standard InChI is InChI=1S/C39H28N2/c1-39(2)33-18-9-8-16-30(33)36-31(17-10-19-34(36)39)35-27-14-6-7-15-28(27)37(38-40-22-11-23-41-38)29-21-20-26(24-32(29)35)25-12-4-3-5-13-25/h3-24H,1-2H3. The molecule has 0 aliphatic heterocycles. The Labute approximate surface area is 240 Å². The van der Waals surface area contributed by atoms with Crippen LogP contribution in [0.1, 0.15) is 25.0 Å². The van der Waals surface area contributed by atoms with Crippen LogP contribution < -0.4 is 0 Å². The van der Waals surface area contributed by atoms with E-state index in [0.717, 1.165) is 22.2 Å². The number of hydrogen-bond acceptors (Lipinski definition) is 2. The van der Waals surface area contributed by atoms with E-state index in [1.807, 2.05) is 18.5 Å². The molecule has 0 N–H and O–H groups in total. The van der Waals surface area contributed by atoms with Gasteiger partial charge in [0.2, 0.25) is 0 Å². The average molecular weight is 525 g/mol. The van der Waals surface area contributed by atoms with Crippen molar-refractivity contribution in [1.29, 1.82) is 0 Å². The van der Waals surface area contributed by atoms with E-state index in [-0.39, 0.29) is 5.41 Å². The van der Waals surface area contributed by atoms with Crippen molar-refractivity contribution in [2.45, 2.75) is 19.3 Å². The molecule has 1 aromatic heterocycles. The maximum atomic E-state index is 4.73. The molecule has 6 aromatic carbocycles. The lowest BCUT2D eigenvalue weighted by Crippen LogP contribution is -2.14. The van der Waals surface area contributed by atoms with E-state index in [4.69, 9.17) is 9.97 Å². The van der Waals surface area contributed by atoms with Crippen LogP contribution >= 0.6 is 0 Å². The average Bonchev–Trinajstić information content (AvgIpc) is 3.27. The fraction of sp³-hybridized carbons (Fsp3) is 0.0769. The molecule has 1 aliphatic rings. The molecule has 0 radical (unpaired) electrons. The third-order valence-electron chi connectivity index (χ3n) is 8.80.